The van der Waals surface area contributed by atoms with Crippen LogP contribution in [0.25, 0.3) is 6.08 Å². The second-order valence-corrected chi connectivity index (χ2v) is 6.85. The Bertz CT molecular complexity index is 671. The highest BCUT2D eigenvalue weighted by molar-refractivity contribution is 5.77. The molecule has 0 unspecified atom stereocenters. The summed E-state index contributed by atoms with van der Waals surface area (Å²) in [5.41, 5.74) is 2.08. The van der Waals surface area contributed by atoms with E-state index in [0.717, 1.165) is 36.8 Å². The van der Waals surface area contributed by atoms with Crippen LogP contribution in [0.4, 0.5) is 4.79 Å². The molecular weight excluding hydrogens is 314 g/mol. The van der Waals surface area contributed by atoms with Crippen molar-refractivity contribution in [3.63, 3.8) is 0 Å². The first-order chi connectivity index (χ1) is 12.2. The van der Waals surface area contributed by atoms with Gasteiger partial charge in [0.25, 0.3) is 0 Å². The van der Waals surface area contributed by atoms with Crippen molar-refractivity contribution in [2.45, 2.75) is 56.7 Å². The zero-order valence-corrected chi connectivity index (χ0v) is 14.6. The number of carbonyl (C=O) groups is 1. The van der Waals surface area contributed by atoms with Crippen LogP contribution in [0, 0.1) is 11.3 Å². The third-order valence-corrected chi connectivity index (χ3v) is 5.33. The molecule has 1 saturated heterocycles. The Morgan fingerprint density at radius 3 is 2.60 bits per heavy atom. The summed E-state index contributed by atoms with van der Waals surface area (Å²) < 4.78 is 0. The molecule has 0 aromatic heterocycles. The zero-order valence-electron chi connectivity index (χ0n) is 14.6. The maximum absolute atomic E-state index is 12.6. The van der Waals surface area contributed by atoms with Crippen molar-refractivity contribution in [2.24, 2.45) is 0 Å². The van der Waals surface area contributed by atoms with Crippen LogP contribution in [0.15, 0.2) is 30.3 Å². The van der Waals surface area contributed by atoms with Gasteiger partial charge in [0.15, 0.2) is 0 Å². The molecule has 132 valence electrons. The van der Waals surface area contributed by atoms with Crippen molar-refractivity contribution in [1.29, 1.82) is 5.26 Å². The minimum atomic E-state index is -0.536. The van der Waals surface area contributed by atoms with Gasteiger partial charge in [0, 0.05) is 12.0 Å². The number of aliphatic hydroxyl groups excluding tert-OH is 1. The summed E-state index contributed by atoms with van der Waals surface area (Å²) in [6, 6.07) is 9.31. The zero-order chi connectivity index (χ0) is 17.8. The van der Waals surface area contributed by atoms with Crippen molar-refractivity contribution in [1.82, 2.24) is 10.2 Å². The molecule has 5 nitrogen and oxygen atoms in total. The molecule has 0 spiro atoms. The van der Waals surface area contributed by atoms with Crippen molar-refractivity contribution in [2.75, 3.05) is 6.61 Å². The van der Waals surface area contributed by atoms with Crippen LogP contribution in [-0.4, -0.2) is 40.8 Å². The molecule has 2 fully saturated rings. The number of nitriles is 1. The number of hydrogen-bond donors (Lipinski definition) is 2. The Hall–Kier alpha value is -2.32. The van der Waals surface area contributed by atoms with E-state index in [1.165, 1.54) is 4.90 Å². The number of rotatable bonds is 4. The Balaban J connectivity index is 1.74. The number of urea groups is 1. The topological polar surface area (TPSA) is 76.4 Å². The molecule has 2 aliphatic rings. The molecule has 1 aromatic rings. The summed E-state index contributed by atoms with van der Waals surface area (Å²) in [5, 5.41) is 22.4. The first-order valence-corrected chi connectivity index (χ1v) is 9.01. The molecule has 1 heterocycles. The molecule has 2 N–H and O–H groups in total. The lowest BCUT2D eigenvalue weighted by Crippen LogP contribution is -2.67. The standard InChI is InChI=1S/C20H25N3O2/c1-2-5-14-8-10-15(11-9-14)19-17(12-21)23(18(19)13-24)20(25)22-16-6-3-4-7-16/h2,5,8-11,16-19,24H,3-4,6-7,13H2,1H3,(H,22,25)/b5-2+/t17-,18-,19+/m1/s1. The SMILES string of the molecule is C/C=C/c1ccc([C@H]2[C@@H](C#N)N(C(=O)NC3CCCC3)[C@@H]2CO)cc1. The predicted molar refractivity (Wildman–Crippen MR) is 96.8 cm³/mol. The number of allylic oxidation sites excluding steroid dienone is 1. The molecule has 25 heavy (non-hydrogen) atoms. The summed E-state index contributed by atoms with van der Waals surface area (Å²) in [6.45, 7) is 1.83. The lowest BCUT2D eigenvalue weighted by molar-refractivity contribution is 0.0158. The quantitative estimate of drug-likeness (QED) is 0.885. The van der Waals surface area contributed by atoms with Crippen LogP contribution in [-0.2, 0) is 0 Å². The van der Waals surface area contributed by atoms with Crippen molar-refractivity contribution in [3.05, 3.63) is 41.5 Å². The van der Waals surface area contributed by atoms with Gasteiger partial charge in [0.2, 0.25) is 0 Å². The molecule has 0 bridgehead atoms. The number of hydrogen-bond acceptors (Lipinski definition) is 3. The first kappa shape index (κ1) is 17.5. The lowest BCUT2D eigenvalue weighted by Gasteiger charge is -2.51. The van der Waals surface area contributed by atoms with Crippen LogP contribution in [0.5, 0.6) is 0 Å². The van der Waals surface area contributed by atoms with Crippen LogP contribution < -0.4 is 5.32 Å². The number of carbonyl (C=O) groups excluding carboxylic acids is 1. The van der Waals surface area contributed by atoms with Gasteiger partial charge in [-0.2, -0.15) is 5.26 Å². The maximum Gasteiger partial charge on any atom is 0.319 e. The van der Waals surface area contributed by atoms with E-state index in [0.29, 0.717) is 0 Å². The summed E-state index contributed by atoms with van der Waals surface area (Å²) in [4.78, 5) is 14.1. The fourth-order valence-electron chi connectivity index (χ4n) is 4.03. The van der Waals surface area contributed by atoms with Gasteiger partial charge in [-0.25, -0.2) is 4.79 Å². The summed E-state index contributed by atoms with van der Waals surface area (Å²) in [6.07, 6.45) is 8.25. The normalized spacial score (nSPS) is 26.4. The predicted octanol–water partition coefficient (Wildman–Crippen LogP) is 3.02. The summed E-state index contributed by atoms with van der Waals surface area (Å²) >= 11 is 0. The van der Waals surface area contributed by atoms with Gasteiger partial charge >= 0.3 is 6.03 Å². The largest absolute Gasteiger partial charge is 0.394 e. The Kier molecular flexibility index (Phi) is 5.40. The van der Waals surface area contributed by atoms with E-state index in [-0.39, 0.29) is 30.6 Å². The smallest absolute Gasteiger partial charge is 0.319 e. The van der Waals surface area contributed by atoms with Crippen LogP contribution in [0.1, 0.15) is 49.7 Å². The minimum absolute atomic E-state index is 0.141. The molecule has 1 saturated carbocycles. The van der Waals surface area contributed by atoms with Gasteiger partial charge in [-0.05, 0) is 30.9 Å². The highest BCUT2D eigenvalue weighted by atomic mass is 16.3. The third-order valence-electron chi connectivity index (χ3n) is 5.33. The van der Waals surface area contributed by atoms with Gasteiger partial charge in [0.05, 0.1) is 18.7 Å². The van der Waals surface area contributed by atoms with Gasteiger partial charge in [-0.15, -0.1) is 0 Å². The molecule has 0 radical (unpaired) electrons. The van der Waals surface area contributed by atoms with E-state index in [2.05, 4.69) is 11.4 Å². The third kappa shape index (κ3) is 3.40. The maximum atomic E-state index is 12.6. The van der Waals surface area contributed by atoms with E-state index in [1.54, 1.807) is 0 Å². The van der Waals surface area contributed by atoms with Gasteiger partial charge in [-0.3, -0.25) is 0 Å². The minimum Gasteiger partial charge on any atom is -0.394 e. The van der Waals surface area contributed by atoms with Crippen molar-refractivity contribution >= 4 is 12.1 Å². The van der Waals surface area contributed by atoms with Crippen molar-refractivity contribution in [3.8, 4) is 6.07 Å². The number of amides is 2. The average Bonchev–Trinajstić information content (AvgIpc) is 3.09. The molecule has 5 heteroatoms. The summed E-state index contributed by atoms with van der Waals surface area (Å²) in [7, 11) is 0. The molecule has 1 aromatic carbocycles. The summed E-state index contributed by atoms with van der Waals surface area (Å²) in [5.74, 6) is -0.149. The van der Waals surface area contributed by atoms with E-state index in [4.69, 9.17) is 0 Å². The van der Waals surface area contributed by atoms with Gasteiger partial charge in [0.1, 0.15) is 6.04 Å². The molecule has 1 aliphatic carbocycles. The Labute approximate surface area is 148 Å². The van der Waals surface area contributed by atoms with Crippen LogP contribution in [0.3, 0.4) is 0 Å². The number of aliphatic hydroxyl groups is 1. The lowest BCUT2D eigenvalue weighted by atomic mass is 9.76. The van der Waals surface area contributed by atoms with E-state index in [9.17, 15) is 15.2 Å². The number of nitrogens with zero attached hydrogens (tertiary/aromatic N) is 2. The van der Waals surface area contributed by atoms with Crippen molar-refractivity contribution < 1.29 is 9.90 Å². The number of nitrogens with one attached hydrogen (secondary N) is 1. The fourth-order valence-corrected chi connectivity index (χ4v) is 4.03. The first-order valence-electron chi connectivity index (χ1n) is 9.01. The van der Waals surface area contributed by atoms with E-state index < -0.39 is 6.04 Å². The molecular formula is C20H25N3O2. The molecule has 3 rings (SSSR count). The Morgan fingerprint density at radius 1 is 1.36 bits per heavy atom. The number of likely N-dealkylation sites (tertiary alicyclic amines) is 1. The highest BCUT2D eigenvalue weighted by Crippen LogP contribution is 2.40. The van der Waals surface area contributed by atoms with Gasteiger partial charge in [-0.1, -0.05) is 49.3 Å². The molecule has 1 aliphatic heterocycles. The van der Waals surface area contributed by atoms with Crippen LogP contribution >= 0.6 is 0 Å². The average molecular weight is 339 g/mol. The van der Waals surface area contributed by atoms with E-state index >= 15 is 0 Å². The van der Waals surface area contributed by atoms with Gasteiger partial charge < -0.3 is 15.3 Å². The second kappa shape index (κ2) is 7.71. The highest BCUT2D eigenvalue weighted by Gasteiger charge is 2.51. The van der Waals surface area contributed by atoms with Crippen LogP contribution in [0.2, 0.25) is 0 Å². The van der Waals surface area contributed by atoms with E-state index in [1.807, 2.05) is 43.3 Å². The monoisotopic (exact) mass is 339 g/mol. The second-order valence-electron chi connectivity index (χ2n) is 6.85. The number of benzene rings is 1. The fraction of sp³-hybridized carbons (Fsp3) is 0.500. The molecule has 2 amide bonds. The molecule has 3 atom stereocenters. The Morgan fingerprint density at radius 2 is 2.04 bits per heavy atom.